The van der Waals surface area contributed by atoms with E-state index in [0.717, 1.165) is 16.8 Å². The summed E-state index contributed by atoms with van der Waals surface area (Å²) in [5, 5.41) is 11.0. The number of nitrogens with zero attached hydrogens (tertiary/aromatic N) is 2. The molecule has 0 aliphatic rings. The monoisotopic (exact) mass is 402 g/mol. The van der Waals surface area contributed by atoms with Crippen molar-refractivity contribution in [2.45, 2.75) is 6.18 Å². The summed E-state index contributed by atoms with van der Waals surface area (Å²) in [7, 11) is 0. The van der Waals surface area contributed by atoms with Gasteiger partial charge in [-0.2, -0.15) is 18.3 Å². The van der Waals surface area contributed by atoms with Crippen LogP contribution in [0.5, 0.6) is 5.88 Å². The highest BCUT2D eigenvalue weighted by Gasteiger charge is 2.29. The lowest BCUT2D eigenvalue weighted by molar-refractivity contribution is -0.154. The fraction of sp³-hybridized carbons (Fsp3) is 0.133. The van der Waals surface area contributed by atoms with Crippen LogP contribution in [-0.4, -0.2) is 33.9 Å². The molecule has 3 rings (SSSR count). The molecule has 136 valence electrons. The lowest BCUT2D eigenvalue weighted by atomic mass is 10.2. The number of ether oxygens (including phenoxy) is 1. The summed E-state index contributed by atoms with van der Waals surface area (Å²) in [5.41, 5.74) is 0.789. The van der Waals surface area contributed by atoms with Gasteiger partial charge in [-0.15, -0.1) is 11.3 Å². The predicted octanol–water partition coefficient (Wildman–Crippen LogP) is 4.38. The van der Waals surface area contributed by atoms with E-state index >= 15 is 0 Å². The Morgan fingerprint density at radius 3 is 2.85 bits per heavy atom. The van der Waals surface area contributed by atoms with Crippen molar-refractivity contribution < 1.29 is 22.7 Å². The van der Waals surface area contributed by atoms with E-state index in [1.165, 1.54) is 17.4 Å². The molecule has 3 aromatic heterocycles. The Labute approximate surface area is 154 Å². The van der Waals surface area contributed by atoms with Crippen LogP contribution in [0.1, 0.15) is 10.4 Å². The molecule has 6 nitrogen and oxygen atoms in total. The van der Waals surface area contributed by atoms with E-state index in [4.69, 9.17) is 11.6 Å². The first kappa shape index (κ1) is 18.2. The van der Waals surface area contributed by atoms with Crippen molar-refractivity contribution in [3.63, 3.8) is 0 Å². The molecule has 0 atom stereocenters. The number of alkyl halides is 3. The van der Waals surface area contributed by atoms with Crippen LogP contribution < -0.4 is 10.1 Å². The second kappa shape index (κ2) is 7.34. The number of aromatic nitrogens is 3. The van der Waals surface area contributed by atoms with Gasteiger partial charge in [0.2, 0.25) is 5.88 Å². The van der Waals surface area contributed by atoms with Gasteiger partial charge in [0.25, 0.3) is 5.91 Å². The predicted molar refractivity (Wildman–Crippen MR) is 90.7 cm³/mol. The number of rotatable bonds is 5. The smallest absolute Gasteiger partial charge is 0.422 e. The molecular weight excluding hydrogens is 393 g/mol. The van der Waals surface area contributed by atoms with Gasteiger partial charge < -0.3 is 10.1 Å². The number of halogens is 4. The Morgan fingerprint density at radius 2 is 2.19 bits per heavy atom. The van der Waals surface area contributed by atoms with E-state index in [2.05, 4.69) is 25.2 Å². The van der Waals surface area contributed by atoms with Gasteiger partial charge in [-0.25, -0.2) is 4.98 Å². The van der Waals surface area contributed by atoms with E-state index in [9.17, 15) is 18.0 Å². The zero-order valence-electron chi connectivity index (χ0n) is 12.8. The summed E-state index contributed by atoms with van der Waals surface area (Å²) in [4.78, 5) is 16.8. The molecule has 0 aliphatic heterocycles. The summed E-state index contributed by atoms with van der Waals surface area (Å²) in [5.74, 6) is -0.682. The number of carbonyl (C=O) groups is 1. The third kappa shape index (κ3) is 4.52. The first-order valence-electron chi connectivity index (χ1n) is 7.07. The van der Waals surface area contributed by atoms with E-state index in [-0.39, 0.29) is 16.4 Å². The zero-order chi connectivity index (χ0) is 18.7. The van der Waals surface area contributed by atoms with Gasteiger partial charge in [0, 0.05) is 12.3 Å². The minimum absolute atomic E-state index is 0.0510. The third-order valence-corrected chi connectivity index (χ3v) is 4.22. The fourth-order valence-corrected chi connectivity index (χ4v) is 2.85. The largest absolute Gasteiger partial charge is 0.467 e. The van der Waals surface area contributed by atoms with Gasteiger partial charge >= 0.3 is 6.18 Å². The van der Waals surface area contributed by atoms with E-state index in [0.29, 0.717) is 0 Å². The summed E-state index contributed by atoms with van der Waals surface area (Å²) in [6.07, 6.45) is -3.44. The topological polar surface area (TPSA) is 79.9 Å². The molecule has 0 bridgehead atoms. The van der Waals surface area contributed by atoms with E-state index < -0.39 is 24.6 Å². The number of pyridine rings is 1. The number of amides is 1. The summed E-state index contributed by atoms with van der Waals surface area (Å²) >= 11 is 7.33. The minimum atomic E-state index is -4.51. The molecule has 0 aromatic carbocycles. The highest BCUT2D eigenvalue weighted by molar-refractivity contribution is 7.13. The standard InChI is InChI=1S/C15H10ClF3N4O2S/c16-9-4-8(6-20-14(9)25-7-15(17,18)19)13(24)21-12-5-10(22-23-12)11-2-1-3-26-11/h1-6H,7H2,(H2,21,22,23,24). The molecule has 1 amide bonds. The molecule has 2 N–H and O–H groups in total. The van der Waals surface area contributed by atoms with Gasteiger partial charge in [-0.3, -0.25) is 9.89 Å². The number of thiophene rings is 1. The lowest BCUT2D eigenvalue weighted by Gasteiger charge is -2.10. The van der Waals surface area contributed by atoms with Crippen molar-refractivity contribution >= 4 is 34.7 Å². The maximum absolute atomic E-state index is 12.2. The van der Waals surface area contributed by atoms with Crippen LogP contribution in [0.2, 0.25) is 5.02 Å². The van der Waals surface area contributed by atoms with Crippen LogP contribution in [0.3, 0.4) is 0 Å². The van der Waals surface area contributed by atoms with Crippen molar-refractivity contribution in [3.05, 3.63) is 46.4 Å². The van der Waals surface area contributed by atoms with E-state index in [1.807, 2.05) is 17.5 Å². The fourth-order valence-electron chi connectivity index (χ4n) is 1.94. The Balaban J connectivity index is 1.67. The minimum Gasteiger partial charge on any atom is -0.467 e. The number of aromatic amines is 1. The molecule has 3 heterocycles. The Hall–Kier alpha value is -2.59. The second-order valence-corrected chi connectivity index (χ2v) is 6.37. The lowest BCUT2D eigenvalue weighted by Crippen LogP contribution is -2.20. The van der Waals surface area contributed by atoms with Crippen molar-refractivity contribution in [1.82, 2.24) is 15.2 Å². The van der Waals surface area contributed by atoms with Gasteiger partial charge in [0.15, 0.2) is 12.4 Å². The maximum Gasteiger partial charge on any atom is 0.422 e. The molecule has 3 aromatic rings. The molecule has 0 fully saturated rings. The molecule has 26 heavy (non-hydrogen) atoms. The molecule has 0 unspecified atom stereocenters. The third-order valence-electron chi connectivity index (χ3n) is 3.05. The number of anilines is 1. The van der Waals surface area contributed by atoms with Crippen LogP contribution in [0.25, 0.3) is 10.6 Å². The van der Waals surface area contributed by atoms with Gasteiger partial charge in [-0.1, -0.05) is 17.7 Å². The van der Waals surface area contributed by atoms with Crippen LogP contribution in [-0.2, 0) is 0 Å². The Bertz CT molecular complexity index is 912. The first-order valence-corrected chi connectivity index (χ1v) is 8.33. The van der Waals surface area contributed by atoms with Gasteiger partial charge in [0.1, 0.15) is 5.02 Å². The average Bonchev–Trinajstić information content (AvgIpc) is 3.23. The van der Waals surface area contributed by atoms with Crippen LogP contribution in [0.4, 0.5) is 19.0 Å². The second-order valence-electron chi connectivity index (χ2n) is 5.01. The highest BCUT2D eigenvalue weighted by Crippen LogP contribution is 2.26. The van der Waals surface area contributed by atoms with Crippen molar-refractivity contribution in [2.75, 3.05) is 11.9 Å². The Kier molecular flexibility index (Phi) is 5.14. The molecule has 11 heteroatoms. The molecule has 0 saturated carbocycles. The van der Waals surface area contributed by atoms with Crippen molar-refractivity contribution in [1.29, 1.82) is 0 Å². The SMILES string of the molecule is O=C(Nc1cc(-c2cccs2)[nH]n1)c1cnc(OCC(F)(F)F)c(Cl)c1. The number of hydrogen-bond acceptors (Lipinski definition) is 5. The van der Waals surface area contributed by atoms with Crippen LogP contribution in [0.15, 0.2) is 35.8 Å². The van der Waals surface area contributed by atoms with Gasteiger partial charge in [-0.05, 0) is 17.5 Å². The first-order chi connectivity index (χ1) is 12.3. The molecule has 0 saturated heterocycles. The number of carbonyl (C=O) groups excluding carboxylic acids is 1. The number of hydrogen-bond donors (Lipinski definition) is 2. The van der Waals surface area contributed by atoms with Crippen LogP contribution in [0, 0.1) is 0 Å². The quantitative estimate of drug-likeness (QED) is 0.663. The average molecular weight is 403 g/mol. The Morgan fingerprint density at radius 1 is 1.38 bits per heavy atom. The van der Waals surface area contributed by atoms with E-state index in [1.54, 1.807) is 6.07 Å². The van der Waals surface area contributed by atoms with Crippen molar-refractivity contribution in [2.24, 2.45) is 0 Å². The number of nitrogens with one attached hydrogen (secondary N) is 2. The highest BCUT2D eigenvalue weighted by atomic mass is 35.5. The molecule has 0 spiro atoms. The maximum atomic E-state index is 12.2. The molecular formula is C15H10ClF3N4O2S. The summed E-state index contributed by atoms with van der Waals surface area (Å²) in [6.45, 7) is -1.52. The van der Waals surface area contributed by atoms with Gasteiger partial charge in [0.05, 0.1) is 16.1 Å². The van der Waals surface area contributed by atoms with Crippen molar-refractivity contribution in [3.8, 4) is 16.5 Å². The normalized spacial score (nSPS) is 11.4. The molecule has 0 aliphatic carbocycles. The summed E-state index contributed by atoms with van der Waals surface area (Å²) in [6, 6.07) is 6.60. The zero-order valence-corrected chi connectivity index (χ0v) is 14.4. The summed E-state index contributed by atoms with van der Waals surface area (Å²) < 4.78 is 41.0. The molecule has 0 radical (unpaired) electrons. The van der Waals surface area contributed by atoms with Crippen LogP contribution >= 0.6 is 22.9 Å². The number of H-pyrrole nitrogens is 1.